The largest absolute Gasteiger partial charge is 0.497 e. The zero-order chi connectivity index (χ0) is 15.3. The maximum absolute atomic E-state index is 6.03. The average Bonchev–Trinajstić information content (AvgIpc) is 2.95. The first-order valence-corrected chi connectivity index (χ1v) is 7.60. The van der Waals surface area contributed by atoms with E-state index >= 15 is 0 Å². The molecule has 0 aliphatic carbocycles. The highest BCUT2D eigenvalue weighted by Gasteiger charge is 2.18. The van der Waals surface area contributed by atoms with Crippen molar-refractivity contribution in [2.45, 2.75) is 39.3 Å². The number of hydrogen-bond acceptors (Lipinski definition) is 4. The van der Waals surface area contributed by atoms with Crippen LogP contribution in [0.15, 0.2) is 18.2 Å². The molecule has 1 aliphatic heterocycles. The van der Waals surface area contributed by atoms with Gasteiger partial charge in [-0.15, -0.1) is 0 Å². The van der Waals surface area contributed by atoms with Crippen molar-refractivity contribution in [3.63, 3.8) is 0 Å². The lowest BCUT2D eigenvalue weighted by Gasteiger charge is -2.22. The third-order valence-electron chi connectivity index (χ3n) is 3.58. The molecule has 0 saturated carbocycles. The molecule has 1 fully saturated rings. The van der Waals surface area contributed by atoms with Crippen LogP contribution in [-0.2, 0) is 11.3 Å². The van der Waals surface area contributed by atoms with Crippen molar-refractivity contribution < 1.29 is 14.2 Å². The van der Waals surface area contributed by atoms with E-state index in [1.54, 1.807) is 7.11 Å². The predicted octanol–water partition coefficient (Wildman–Crippen LogP) is 3.00. The van der Waals surface area contributed by atoms with Gasteiger partial charge in [-0.3, -0.25) is 0 Å². The zero-order valence-corrected chi connectivity index (χ0v) is 13.6. The molecular weight excluding hydrogens is 266 g/mol. The molecule has 1 aliphatic rings. The van der Waals surface area contributed by atoms with Crippen molar-refractivity contribution in [1.29, 1.82) is 0 Å². The van der Waals surface area contributed by atoms with Gasteiger partial charge in [0.15, 0.2) is 0 Å². The first kappa shape index (κ1) is 16.1. The van der Waals surface area contributed by atoms with Crippen LogP contribution in [0.1, 0.15) is 32.8 Å². The summed E-state index contributed by atoms with van der Waals surface area (Å²) in [5, 5.41) is 3.50. The third kappa shape index (κ3) is 5.21. The van der Waals surface area contributed by atoms with Crippen molar-refractivity contribution in [2.24, 2.45) is 5.92 Å². The van der Waals surface area contributed by atoms with Crippen LogP contribution in [-0.4, -0.2) is 32.5 Å². The topological polar surface area (TPSA) is 39.7 Å². The van der Waals surface area contributed by atoms with Gasteiger partial charge in [-0.2, -0.15) is 0 Å². The summed E-state index contributed by atoms with van der Waals surface area (Å²) in [7, 11) is 1.68. The zero-order valence-electron chi connectivity index (χ0n) is 13.6. The molecule has 4 nitrogen and oxygen atoms in total. The molecule has 1 atom stereocenters. The highest BCUT2D eigenvalue weighted by Crippen LogP contribution is 2.26. The summed E-state index contributed by atoms with van der Waals surface area (Å²) in [4.78, 5) is 0. The van der Waals surface area contributed by atoms with E-state index in [0.717, 1.165) is 43.2 Å². The fraction of sp³-hybridized carbons (Fsp3) is 0.647. The smallest absolute Gasteiger partial charge is 0.127 e. The van der Waals surface area contributed by atoms with Gasteiger partial charge in [-0.25, -0.2) is 0 Å². The van der Waals surface area contributed by atoms with Crippen LogP contribution in [0.25, 0.3) is 0 Å². The second kappa shape index (κ2) is 7.14. The molecule has 1 aromatic rings. The lowest BCUT2D eigenvalue weighted by molar-refractivity contribution is 0.166. The molecule has 1 heterocycles. The van der Waals surface area contributed by atoms with Crippen LogP contribution < -0.4 is 14.8 Å². The molecule has 0 radical (unpaired) electrons. The molecular formula is C17H27NO3. The van der Waals surface area contributed by atoms with Gasteiger partial charge in [0, 0.05) is 36.2 Å². The van der Waals surface area contributed by atoms with E-state index in [9.17, 15) is 0 Å². The van der Waals surface area contributed by atoms with Gasteiger partial charge >= 0.3 is 0 Å². The Balaban J connectivity index is 2.03. The molecule has 0 spiro atoms. The lowest BCUT2D eigenvalue weighted by Crippen LogP contribution is -2.35. The van der Waals surface area contributed by atoms with E-state index < -0.39 is 0 Å². The Morgan fingerprint density at radius 1 is 1.33 bits per heavy atom. The Kier molecular flexibility index (Phi) is 5.48. The highest BCUT2D eigenvalue weighted by atomic mass is 16.5. The van der Waals surface area contributed by atoms with Crippen LogP contribution in [0.2, 0.25) is 0 Å². The van der Waals surface area contributed by atoms with E-state index in [-0.39, 0.29) is 5.54 Å². The van der Waals surface area contributed by atoms with Crippen LogP contribution in [0.5, 0.6) is 11.5 Å². The number of methoxy groups -OCH3 is 1. The van der Waals surface area contributed by atoms with Crippen molar-refractivity contribution >= 4 is 0 Å². The summed E-state index contributed by atoms with van der Waals surface area (Å²) in [6.07, 6.45) is 1.08. The molecule has 1 unspecified atom stereocenters. The van der Waals surface area contributed by atoms with Crippen molar-refractivity contribution in [1.82, 2.24) is 5.32 Å². The van der Waals surface area contributed by atoms with Gasteiger partial charge < -0.3 is 19.5 Å². The van der Waals surface area contributed by atoms with E-state index in [0.29, 0.717) is 12.5 Å². The molecule has 0 aromatic heterocycles. The number of nitrogens with one attached hydrogen (secondary N) is 1. The van der Waals surface area contributed by atoms with Crippen molar-refractivity contribution in [2.75, 3.05) is 26.9 Å². The SMILES string of the molecule is COc1ccc(CNC(C)(C)C)c(OCC2CCOC2)c1. The van der Waals surface area contributed by atoms with Crippen molar-refractivity contribution in [3.8, 4) is 11.5 Å². The molecule has 4 heteroatoms. The van der Waals surface area contributed by atoms with Crippen LogP contribution >= 0.6 is 0 Å². The molecule has 0 amide bonds. The number of hydrogen-bond donors (Lipinski definition) is 1. The van der Waals surface area contributed by atoms with Gasteiger partial charge in [0.25, 0.3) is 0 Å². The van der Waals surface area contributed by atoms with Crippen LogP contribution in [0.4, 0.5) is 0 Å². The lowest BCUT2D eigenvalue weighted by atomic mass is 10.1. The third-order valence-corrected chi connectivity index (χ3v) is 3.58. The first-order chi connectivity index (χ1) is 9.98. The number of rotatable bonds is 6. The summed E-state index contributed by atoms with van der Waals surface area (Å²) in [5.74, 6) is 2.23. The van der Waals surface area contributed by atoms with E-state index in [1.165, 1.54) is 0 Å². The molecule has 1 aromatic carbocycles. The summed E-state index contributed by atoms with van der Waals surface area (Å²) >= 11 is 0. The maximum Gasteiger partial charge on any atom is 0.127 e. The van der Waals surface area contributed by atoms with Gasteiger partial charge in [0.05, 0.1) is 20.3 Å². The second-order valence-electron chi connectivity index (χ2n) is 6.62. The first-order valence-electron chi connectivity index (χ1n) is 7.60. The average molecular weight is 293 g/mol. The fourth-order valence-electron chi connectivity index (χ4n) is 2.23. The quantitative estimate of drug-likeness (QED) is 0.875. The van der Waals surface area contributed by atoms with E-state index in [1.807, 2.05) is 12.1 Å². The Hall–Kier alpha value is -1.26. The molecule has 118 valence electrons. The minimum atomic E-state index is 0.0799. The Morgan fingerprint density at radius 3 is 2.76 bits per heavy atom. The molecule has 0 bridgehead atoms. The Morgan fingerprint density at radius 2 is 2.14 bits per heavy atom. The van der Waals surface area contributed by atoms with Gasteiger partial charge in [0.2, 0.25) is 0 Å². The Bertz CT molecular complexity index is 448. The summed E-state index contributed by atoms with van der Waals surface area (Å²) in [6, 6.07) is 6.01. The highest BCUT2D eigenvalue weighted by molar-refractivity contribution is 5.40. The maximum atomic E-state index is 6.03. The minimum Gasteiger partial charge on any atom is -0.497 e. The number of ether oxygens (including phenoxy) is 3. The summed E-state index contributed by atoms with van der Waals surface area (Å²) in [6.45, 7) is 9.62. The van der Waals surface area contributed by atoms with E-state index in [4.69, 9.17) is 14.2 Å². The Labute approximate surface area is 127 Å². The standard InChI is InChI=1S/C17H27NO3/c1-17(2,3)18-10-14-5-6-15(19-4)9-16(14)21-12-13-7-8-20-11-13/h5-6,9,13,18H,7-8,10-12H2,1-4H3. The minimum absolute atomic E-state index is 0.0799. The van der Waals surface area contributed by atoms with Gasteiger partial charge in [0.1, 0.15) is 11.5 Å². The summed E-state index contributed by atoms with van der Waals surface area (Å²) < 4.78 is 16.7. The fourth-order valence-corrected chi connectivity index (χ4v) is 2.23. The van der Waals surface area contributed by atoms with Crippen molar-refractivity contribution in [3.05, 3.63) is 23.8 Å². The molecule has 21 heavy (non-hydrogen) atoms. The van der Waals surface area contributed by atoms with E-state index in [2.05, 4.69) is 32.2 Å². The van der Waals surface area contributed by atoms with Crippen LogP contribution in [0, 0.1) is 5.92 Å². The van der Waals surface area contributed by atoms with Crippen LogP contribution in [0.3, 0.4) is 0 Å². The number of benzene rings is 1. The predicted molar refractivity (Wildman–Crippen MR) is 84.0 cm³/mol. The molecule has 2 rings (SSSR count). The molecule has 1 saturated heterocycles. The van der Waals surface area contributed by atoms with Gasteiger partial charge in [-0.1, -0.05) is 6.07 Å². The molecule has 1 N–H and O–H groups in total. The van der Waals surface area contributed by atoms with Gasteiger partial charge in [-0.05, 0) is 33.3 Å². The summed E-state index contributed by atoms with van der Waals surface area (Å²) in [5.41, 5.74) is 1.24. The second-order valence-corrected chi connectivity index (χ2v) is 6.62. The normalized spacial score (nSPS) is 18.8. The monoisotopic (exact) mass is 293 g/mol.